The van der Waals surface area contributed by atoms with Crippen molar-refractivity contribution in [1.29, 1.82) is 0 Å². The zero-order valence-electron chi connectivity index (χ0n) is 12.5. The van der Waals surface area contributed by atoms with Crippen LogP contribution in [0, 0.1) is 13.8 Å². The van der Waals surface area contributed by atoms with Gasteiger partial charge in [-0.2, -0.15) is 0 Å². The van der Waals surface area contributed by atoms with E-state index in [0.717, 1.165) is 43.0 Å². The Labute approximate surface area is 120 Å². The lowest BCUT2D eigenvalue weighted by Crippen LogP contribution is -2.11. The largest absolute Gasteiger partial charge is 0.320 e. The Bertz CT molecular complexity index is 529. The van der Waals surface area contributed by atoms with E-state index >= 15 is 0 Å². The van der Waals surface area contributed by atoms with Crippen molar-refractivity contribution in [2.24, 2.45) is 0 Å². The van der Waals surface area contributed by atoms with E-state index in [2.05, 4.69) is 34.1 Å². The number of rotatable bonds is 6. The standard InChI is InChI=1S/C16H22N4/c1-12-15(5-4-8-17-3)13(2)20-16(19-12)11-14-6-9-18-10-7-14/h6-7,9-10,17H,4-5,8,11H2,1-3H3. The van der Waals surface area contributed by atoms with Gasteiger partial charge in [0.2, 0.25) is 0 Å². The van der Waals surface area contributed by atoms with Gasteiger partial charge in [-0.05, 0) is 63.5 Å². The van der Waals surface area contributed by atoms with Crippen molar-refractivity contribution < 1.29 is 0 Å². The van der Waals surface area contributed by atoms with Crippen LogP contribution in [0.5, 0.6) is 0 Å². The zero-order chi connectivity index (χ0) is 14.4. The Morgan fingerprint density at radius 2 is 1.70 bits per heavy atom. The van der Waals surface area contributed by atoms with Gasteiger partial charge in [-0.25, -0.2) is 9.97 Å². The maximum atomic E-state index is 4.66. The molecule has 20 heavy (non-hydrogen) atoms. The normalized spacial score (nSPS) is 10.8. The first-order valence-electron chi connectivity index (χ1n) is 7.07. The molecule has 0 amide bonds. The molecule has 0 fully saturated rings. The molecule has 0 unspecified atom stereocenters. The molecule has 2 rings (SSSR count). The summed E-state index contributed by atoms with van der Waals surface area (Å²) in [6, 6.07) is 4.02. The summed E-state index contributed by atoms with van der Waals surface area (Å²) in [5.41, 5.74) is 4.70. The summed E-state index contributed by atoms with van der Waals surface area (Å²) in [4.78, 5) is 13.3. The van der Waals surface area contributed by atoms with E-state index in [-0.39, 0.29) is 0 Å². The van der Waals surface area contributed by atoms with Crippen LogP contribution in [-0.2, 0) is 12.8 Å². The second kappa shape index (κ2) is 7.10. The van der Waals surface area contributed by atoms with Gasteiger partial charge in [0.25, 0.3) is 0 Å². The Hall–Kier alpha value is -1.81. The third-order valence-electron chi connectivity index (χ3n) is 3.43. The van der Waals surface area contributed by atoms with E-state index in [1.165, 1.54) is 11.1 Å². The van der Waals surface area contributed by atoms with E-state index in [1.807, 2.05) is 19.2 Å². The second-order valence-electron chi connectivity index (χ2n) is 5.03. The van der Waals surface area contributed by atoms with Crippen LogP contribution in [0.15, 0.2) is 24.5 Å². The Balaban J connectivity index is 2.13. The van der Waals surface area contributed by atoms with Crippen molar-refractivity contribution in [1.82, 2.24) is 20.3 Å². The SMILES string of the molecule is CNCCCc1c(C)nc(Cc2ccncc2)nc1C. The first-order chi connectivity index (χ1) is 9.70. The summed E-state index contributed by atoms with van der Waals surface area (Å²) < 4.78 is 0. The van der Waals surface area contributed by atoms with Gasteiger partial charge >= 0.3 is 0 Å². The zero-order valence-corrected chi connectivity index (χ0v) is 12.5. The third kappa shape index (κ3) is 3.84. The first kappa shape index (κ1) is 14.6. The monoisotopic (exact) mass is 270 g/mol. The number of nitrogens with one attached hydrogen (secondary N) is 1. The number of aromatic nitrogens is 3. The maximum Gasteiger partial charge on any atom is 0.133 e. The molecule has 0 saturated heterocycles. The highest BCUT2D eigenvalue weighted by Gasteiger charge is 2.08. The average Bonchev–Trinajstić information content (AvgIpc) is 2.43. The van der Waals surface area contributed by atoms with Crippen molar-refractivity contribution in [2.75, 3.05) is 13.6 Å². The minimum Gasteiger partial charge on any atom is -0.320 e. The quantitative estimate of drug-likeness (QED) is 0.818. The summed E-state index contributed by atoms with van der Waals surface area (Å²) in [7, 11) is 1.98. The van der Waals surface area contributed by atoms with Gasteiger partial charge in [-0.1, -0.05) is 0 Å². The fourth-order valence-corrected chi connectivity index (χ4v) is 2.37. The molecule has 0 bridgehead atoms. The highest BCUT2D eigenvalue weighted by atomic mass is 14.9. The lowest BCUT2D eigenvalue weighted by molar-refractivity contribution is 0.712. The van der Waals surface area contributed by atoms with Crippen LogP contribution in [0.25, 0.3) is 0 Å². The molecule has 0 aliphatic heterocycles. The number of hydrogen-bond donors (Lipinski definition) is 1. The number of pyridine rings is 1. The molecular weight excluding hydrogens is 248 g/mol. The van der Waals surface area contributed by atoms with Crippen LogP contribution in [0.4, 0.5) is 0 Å². The average molecular weight is 270 g/mol. The van der Waals surface area contributed by atoms with E-state index in [9.17, 15) is 0 Å². The van der Waals surface area contributed by atoms with Crippen LogP contribution in [0.1, 0.15) is 34.8 Å². The molecule has 2 aromatic heterocycles. The van der Waals surface area contributed by atoms with Crippen molar-refractivity contribution in [2.45, 2.75) is 33.1 Å². The van der Waals surface area contributed by atoms with Gasteiger partial charge in [0.15, 0.2) is 0 Å². The molecule has 2 heterocycles. The van der Waals surface area contributed by atoms with Crippen molar-refractivity contribution >= 4 is 0 Å². The highest BCUT2D eigenvalue weighted by molar-refractivity contribution is 5.26. The van der Waals surface area contributed by atoms with Gasteiger partial charge in [0.05, 0.1) is 0 Å². The van der Waals surface area contributed by atoms with Gasteiger partial charge in [0, 0.05) is 30.2 Å². The summed E-state index contributed by atoms with van der Waals surface area (Å²) in [5.74, 6) is 0.892. The maximum absolute atomic E-state index is 4.66. The lowest BCUT2D eigenvalue weighted by Gasteiger charge is -2.11. The van der Waals surface area contributed by atoms with Crippen molar-refractivity contribution in [3.05, 3.63) is 52.9 Å². The van der Waals surface area contributed by atoms with Crippen molar-refractivity contribution in [3.63, 3.8) is 0 Å². The summed E-state index contributed by atoms with van der Waals surface area (Å²) in [6.07, 6.45) is 6.53. The number of hydrogen-bond acceptors (Lipinski definition) is 4. The molecule has 4 heteroatoms. The molecule has 4 nitrogen and oxygen atoms in total. The minimum atomic E-state index is 0.765. The summed E-state index contributed by atoms with van der Waals surface area (Å²) in [6.45, 7) is 5.19. The predicted molar refractivity (Wildman–Crippen MR) is 80.8 cm³/mol. The number of aryl methyl sites for hydroxylation is 2. The smallest absolute Gasteiger partial charge is 0.133 e. The van der Waals surface area contributed by atoms with E-state index in [1.54, 1.807) is 12.4 Å². The molecule has 0 aliphatic carbocycles. The van der Waals surface area contributed by atoms with Gasteiger partial charge in [-0.15, -0.1) is 0 Å². The molecule has 1 N–H and O–H groups in total. The Kier molecular flexibility index (Phi) is 5.18. The fraction of sp³-hybridized carbons (Fsp3) is 0.438. The van der Waals surface area contributed by atoms with Gasteiger partial charge in [0.1, 0.15) is 5.82 Å². The van der Waals surface area contributed by atoms with Crippen LogP contribution in [-0.4, -0.2) is 28.5 Å². The summed E-state index contributed by atoms with van der Waals surface area (Å²) in [5, 5.41) is 3.17. The fourth-order valence-electron chi connectivity index (χ4n) is 2.37. The molecule has 106 valence electrons. The van der Waals surface area contributed by atoms with Crippen LogP contribution in [0.2, 0.25) is 0 Å². The Morgan fingerprint density at radius 1 is 1.05 bits per heavy atom. The number of nitrogens with zero attached hydrogens (tertiary/aromatic N) is 3. The van der Waals surface area contributed by atoms with Crippen LogP contribution in [0.3, 0.4) is 0 Å². The lowest BCUT2D eigenvalue weighted by atomic mass is 10.1. The molecule has 0 radical (unpaired) electrons. The van der Waals surface area contributed by atoms with Gasteiger partial charge < -0.3 is 5.32 Å². The van der Waals surface area contributed by atoms with E-state index in [4.69, 9.17) is 0 Å². The third-order valence-corrected chi connectivity index (χ3v) is 3.43. The van der Waals surface area contributed by atoms with Crippen molar-refractivity contribution in [3.8, 4) is 0 Å². The van der Waals surface area contributed by atoms with Crippen LogP contribution < -0.4 is 5.32 Å². The molecule has 0 saturated carbocycles. The van der Waals surface area contributed by atoms with Crippen LogP contribution >= 0.6 is 0 Å². The molecule has 0 spiro atoms. The van der Waals surface area contributed by atoms with E-state index < -0.39 is 0 Å². The summed E-state index contributed by atoms with van der Waals surface area (Å²) >= 11 is 0. The van der Waals surface area contributed by atoms with E-state index in [0.29, 0.717) is 0 Å². The molecule has 0 aromatic carbocycles. The topological polar surface area (TPSA) is 50.7 Å². The molecule has 2 aromatic rings. The molecule has 0 atom stereocenters. The van der Waals surface area contributed by atoms with Gasteiger partial charge in [-0.3, -0.25) is 4.98 Å². The second-order valence-corrected chi connectivity index (χ2v) is 5.03. The highest BCUT2D eigenvalue weighted by Crippen LogP contribution is 2.14. The Morgan fingerprint density at radius 3 is 2.30 bits per heavy atom. The molecular formula is C16H22N4. The minimum absolute atomic E-state index is 0.765. The molecule has 0 aliphatic rings. The predicted octanol–water partition coefficient (Wildman–Crippen LogP) is 2.23. The first-order valence-corrected chi connectivity index (χ1v) is 7.07.